The molecule has 0 bridgehead atoms. The van der Waals surface area contributed by atoms with Gasteiger partial charge in [-0.05, 0) is 11.5 Å². The van der Waals surface area contributed by atoms with Crippen LogP contribution in [-0.2, 0) is 4.79 Å². The van der Waals surface area contributed by atoms with Crippen LogP contribution in [0.2, 0.25) is 0 Å². The number of thiazole rings is 1. The number of nitrogens with one attached hydrogen (secondary N) is 2. The number of rotatable bonds is 4. The number of nitrogens with two attached hydrogens (primary N) is 2. The topological polar surface area (TPSA) is 127 Å². The number of anilines is 1. The van der Waals surface area contributed by atoms with Gasteiger partial charge in [-0.25, -0.2) is 4.98 Å². The van der Waals surface area contributed by atoms with Gasteiger partial charge in [0.15, 0.2) is 5.13 Å². The average molecular weight is 321 g/mol. The minimum atomic E-state index is -0.631. The van der Waals surface area contributed by atoms with Crippen molar-refractivity contribution in [2.24, 2.45) is 16.9 Å². The number of nitrogens with zero attached hydrogens (tertiary/aromatic N) is 1. The van der Waals surface area contributed by atoms with E-state index in [1.54, 1.807) is 17.6 Å². The van der Waals surface area contributed by atoms with Gasteiger partial charge < -0.3 is 21.8 Å². The fourth-order valence-electron chi connectivity index (χ4n) is 1.72. The molecule has 2 rings (SSSR count). The van der Waals surface area contributed by atoms with E-state index in [2.05, 4.69) is 15.3 Å². The fourth-order valence-corrected chi connectivity index (χ4v) is 2.45. The van der Waals surface area contributed by atoms with Crippen molar-refractivity contribution < 1.29 is 9.59 Å². The lowest BCUT2D eigenvalue weighted by atomic mass is 9.87. The molecule has 22 heavy (non-hydrogen) atoms. The zero-order chi connectivity index (χ0) is 16.5. The smallest absolute Gasteiger partial charge is 0.265 e. The number of hydrogen-bond acceptors (Lipinski definition) is 5. The van der Waals surface area contributed by atoms with Crippen molar-refractivity contribution in [1.29, 1.82) is 0 Å². The van der Waals surface area contributed by atoms with E-state index in [-0.39, 0.29) is 11.3 Å². The number of aromatic amines is 1. The number of hydrogen-bond donors (Lipinski definition) is 4. The molecule has 2 heterocycles. The van der Waals surface area contributed by atoms with Gasteiger partial charge >= 0.3 is 0 Å². The summed E-state index contributed by atoms with van der Waals surface area (Å²) in [5.74, 6) is -0.813. The van der Waals surface area contributed by atoms with Crippen LogP contribution in [0.15, 0.2) is 17.6 Å². The maximum atomic E-state index is 12.1. The molecule has 0 aromatic carbocycles. The van der Waals surface area contributed by atoms with Crippen LogP contribution in [0.4, 0.5) is 5.13 Å². The van der Waals surface area contributed by atoms with Gasteiger partial charge in [-0.15, -0.1) is 11.3 Å². The minimum Gasteiger partial charge on any atom is -0.364 e. The average Bonchev–Trinajstić information content (AvgIpc) is 3.04. The van der Waals surface area contributed by atoms with Crippen LogP contribution in [0, 0.1) is 5.41 Å². The van der Waals surface area contributed by atoms with Crippen molar-refractivity contribution in [3.05, 3.63) is 23.3 Å². The van der Waals surface area contributed by atoms with Crippen molar-refractivity contribution in [2.75, 3.05) is 5.32 Å². The van der Waals surface area contributed by atoms with Crippen molar-refractivity contribution in [3.63, 3.8) is 0 Å². The summed E-state index contributed by atoms with van der Waals surface area (Å²) in [6, 6.07) is 0.984. The second-order valence-electron chi connectivity index (χ2n) is 6.04. The van der Waals surface area contributed by atoms with Gasteiger partial charge in [0, 0.05) is 17.1 Å². The third-order valence-corrected chi connectivity index (χ3v) is 3.95. The van der Waals surface area contributed by atoms with E-state index in [9.17, 15) is 9.59 Å². The van der Waals surface area contributed by atoms with E-state index in [4.69, 9.17) is 11.5 Å². The van der Waals surface area contributed by atoms with E-state index in [0.29, 0.717) is 16.5 Å². The number of aromatic nitrogens is 2. The van der Waals surface area contributed by atoms with Crippen molar-refractivity contribution >= 4 is 28.3 Å². The summed E-state index contributed by atoms with van der Waals surface area (Å²) < 4.78 is 0. The summed E-state index contributed by atoms with van der Waals surface area (Å²) in [6.07, 6.45) is 1.64. The number of carbonyl (C=O) groups is 2. The highest BCUT2D eigenvalue weighted by Crippen LogP contribution is 2.26. The Morgan fingerprint density at radius 3 is 2.64 bits per heavy atom. The molecule has 0 fully saturated rings. The first kappa shape index (κ1) is 16.2. The third kappa shape index (κ3) is 3.52. The number of primary amides is 1. The summed E-state index contributed by atoms with van der Waals surface area (Å²) >= 11 is 1.29. The second kappa shape index (κ2) is 5.90. The third-order valence-electron chi connectivity index (χ3n) is 3.19. The molecule has 6 N–H and O–H groups in total. The lowest BCUT2D eigenvalue weighted by molar-refractivity contribution is -0.119. The molecule has 0 aliphatic rings. The number of H-pyrrole nitrogens is 1. The maximum absolute atomic E-state index is 12.1. The molecule has 2 aromatic rings. The highest BCUT2D eigenvalue weighted by Gasteiger charge is 2.28. The van der Waals surface area contributed by atoms with Crippen molar-refractivity contribution in [3.8, 4) is 11.3 Å². The van der Waals surface area contributed by atoms with Crippen molar-refractivity contribution in [2.45, 2.75) is 26.8 Å². The summed E-state index contributed by atoms with van der Waals surface area (Å²) in [6.45, 7) is 5.70. The Balaban J connectivity index is 2.11. The molecule has 1 atom stereocenters. The maximum Gasteiger partial charge on any atom is 0.265 e. The Morgan fingerprint density at radius 1 is 1.41 bits per heavy atom. The quantitative estimate of drug-likeness (QED) is 0.681. The van der Waals surface area contributed by atoms with E-state index in [0.717, 1.165) is 5.56 Å². The van der Waals surface area contributed by atoms with Crippen LogP contribution in [0.25, 0.3) is 11.3 Å². The second-order valence-corrected chi connectivity index (χ2v) is 6.90. The molecule has 7 nitrogen and oxygen atoms in total. The first-order valence-electron chi connectivity index (χ1n) is 6.69. The molecular formula is C14H19N5O2S. The van der Waals surface area contributed by atoms with Gasteiger partial charge in [-0.2, -0.15) is 0 Å². The van der Waals surface area contributed by atoms with E-state index in [1.165, 1.54) is 11.3 Å². The van der Waals surface area contributed by atoms with Crippen LogP contribution in [0.1, 0.15) is 31.3 Å². The first-order chi connectivity index (χ1) is 10.2. The van der Waals surface area contributed by atoms with Crippen molar-refractivity contribution in [1.82, 2.24) is 9.97 Å². The first-order valence-corrected chi connectivity index (χ1v) is 7.57. The van der Waals surface area contributed by atoms with Gasteiger partial charge in [0.2, 0.25) is 5.91 Å². The van der Waals surface area contributed by atoms with Crippen LogP contribution < -0.4 is 16.8 Å². The zero-order valence-electron chi connectivity index (χ0n) is 12.6. The molecular weight excluding hydrogens is 302 g/mol. The van der Waals surface area contributed by atoms with Crippen LogP contribution in [-0.4, -0.2) is 27.8 Å². The Labute approximate surface area is 132 Å². The molecule has 2 amide bonds. The van der Waals surface area contributed by atoms with Crippen LogP contribution >= 0.6 is 11.3 Å². The zero-order valence-corrected chi connectivity index (χ0v) is 13.5. The molecule has 118 valence electrons. The normalized spacial score (nSPS) is 12.9. The van der Waals surface area contributed by atoms with Gasteiger partial charge in [-0.3, -0.25) is 9.59 Å². The van der Waals surface area contributed by atoms with Gasteiger partial charge in [-0.1, -0.05) is 20.8 Å². The molecule has 8 heteroatoms. The lowest BCUT2D eigenvalue weighted by Gasteiger charge is -2.25. The molecule has 0 spiro atoms. The molecule has 0 aliphatic carbocycles. The Morgan fingerprint density at radius 2 is 2.09 bits per heavy atom. The van der Waals surface area contributed by atoms with Gasteiger partial charge in [0.05, 0.1) is 11.7 Å². The molecule has 0 radical (unpaired) electrons. The molecule has 0 aliphatic heterocycles. The highest BCUT2D eigenvalue weighted by molar-refractivity contribution is 7.14. The number of amides is 2. The molecule has 2 aromatic heterocycles. The fraction of sp³-hybridized carbons (Fsp3) is 0.357. The van der Waals surface area contributed by atoms with Gasteiger partial charge in [0.25, 0.3) is 5.91 Å². The molecule has 0 saturated carbocycles. The summed E-state index contributed by atoms with van der Waals surface area (Å²) in [5, 5.41) is 4.95. The van der Waals surface area contributed by atoms with E-state index in [1.807, 2.05) is 20.8 Å². The Kier molecular flexibility index (Phi) is 4.34. The standard InChI is InChI=1S/C14H19N5O2S/c1-14(2,3)10(15)12(21)19-13-18-9(6-22-13)7-4-8(11(16)20)17-5-7/h4-6,10,17H,15H2,1-3H3,(H2,16,20)(H,18,19,21)/t10-/m1/s1. The minimum absolute atomic E-state index is 0.278. The number of carbonyl (C=O) groups excluding carboxylic acids is 2. The summed E-state index contributed by atoms with van der Waals surface area (Å²) in [7, 11) is 0. The Hall–Kier alpha value is -2.19. The predicted molar refractivity (Wildman–Crippen MR) is 86.5 cm³/mol. The van der Waals surface area contributed by atoms with Gasteiger partial charge in [0.1, 0.15) is 5.69 Å². The van der Waals surface area contributed by atoms with E-state index >= 15 is 0 Å². The van der Waals surface area contributed by atoms with E-state index < -0.39 is 11.9 Å². The highest BCUT2D eigenvalue weighted by atomic mass is 32.1. The molecule has 0 unspecified atom stereocenters. The SMILES string of the molecule is CC(C)(C)[C@H](N)C(=O)Nc1nc(-c2c[nH]c(C(N)=O)c2)cs1. The lowest BCUT2D eigenvalue weighted by Crippen LogP contribution is -2.45. The summed E-state index contributed by atoms with van der Waals surface area (Å²) in [5.41, 5.74) is 12.4. The largest absolute Gasteiger partial charge is 0.364 e. The van der Waals surface area contributed by atoms with Crippen LogP contribution in [0.5, 0.6) is 0 Å². The molecule has 0 saturated heterocycles. The Bertz CT molecular complexity index is 698. The predicted octanol–water partition coefficient (Wildman–Crippen LogP) is 1.55. The summed E-state index contributed by atoms with van der Waals surface area (Å²) in [4.78, 5) is 30.2. The monoisotopic (exact) mass is 321 g/mol. The van der Waals surface area contributed by atoms with Crippen LogP contribution in [0.3, 0.4) is 0 Å².